The molecule has 1 heterocycles. The number of morpholine rings is 1. The van der Waals surface area contributed by atoms with Crippen molar-refractivity contribution < 1.29 is 23.0 Å². The van der Waals surface area contributed by atoms with E-state index in [4.69, 9.17) is 9.47 Å². The van der Waals surface area contributed by atoms with Crippen molar-refractivity contribution in [1.82, 2.24) is 10.6 Å². The molecule has 2 N–H and O–H groups in total. The van der Waals surface area contributed by atoms with Crippen LogP contribution in [0.15, 0.2) is 42.5 Å². The third kappa shape index (κ3) is 4.36. The van der Waals surface area contributed by atoms with E-state index in [0.717, 1.165) is 0 Å². The van der Waals surface area contributed by atoms with E-state index in [1.807, 2.05) is 6.92 Å². The van der Waals surface area contributed by atoms with Crippen LogP contribution in [0.5, 0.6) is 11.5 Å². The number of hydrogen-bond acceptors (Lipinski definition) is 4. The Hall–Kier alpha value is -2.51. The van der Waals surface area contributed by atoms with Gasteiger partial charge in [-0.1, -0.05) is 18.2 Å². The molecule has 3 rings (SSSR count). The van der Waals surface area contributed by atoms with Crippen LogP contribution >= 0.6 is 0 Å². The van der Waals surface area contributed by atoms with Crippen molar-refractivity contribution in [2.45, 2.75) is 25.6 Å². The van der Waals surface area contributed by atoms with Crippen LogP contribution in [0.25, 0.3) is 0 Å². The third-order valence-corrected chi connectivity index (χ3v) is 4.12. The van der Waals surface area contributed by atoms with Crippen molar-refractivity contribution in [2.75, 3.05) is 13.2 Å². The lowest BCUT2D eigenvalue weighted by atomic mass is 10.1. The second kappa shape index (κ2) is 8.25. The standard InChI is InChI=1S/C19H20F2N2O3/c1-12-18(22-8-9-25-12)19(24)23-11-13-6-7-17(15(21)10-13)26-16-5-3-2-4-14(16)20/h2-7,10,12,18,22H,8-9,11H2,1H3,(H,23,24)/t12-,18+/m1/s1. The van der Waals surface area contributed by atoms with Crippen LogP contribution in [0.2, 0.25) is 0 Å². The van der Waals surface area contributed by atoms with Crippen molar-refractivity contribution in [3.05, 3.63) is 59.7 Å². The fourth-order valence-corrected chi connectivity index (χ4v) is 2.71. The van der Waals surface area contributed by atoms with Crippen LogP contribution in [-0.4, -0.2) is 31.2 Å². The predicted octanol–water partition coefficient (Wildman–Crippen LogP) is 2.75. The summed E-state index contributed by atoms with van der Waals surface area (Å²) < 4.78 is 38.5. The van der Waals surface area contributed by atoms with E-state index in [9.17, 15) is 13.6 Å². The van der Waals surface area contributed by atoms with Gasteiger partial charge in [-0.3, -0.25) is 4.79 Å². The van der Waals surface area contributed by atoms with Crippen LogP contribution < -0.4 is 15.4 Å². The summed E-state index contributed by atoms with van der Waals surface area (Å²) in [6, 6.07) is 9.63. The van der Waals surface area contributed by atoms with Gasteiger partial charge in [0, 0.05) is 13.1 Å². The highest BCUT2D eigenvalue weighted by Crippen LogP contribution is 2.27. The number of ether oxygens (including phenoxy) is 2. The molecule has 0 radical (unpaired) electrons. The number of benzene rings is 2. The number of nitrogens with one attached hydrogen (secondary N) is 2. The zero-order valence-corrected chi connectivity index (χ0v) is 14.3. The first-order valence-electron chi connectivity index (χ1n) is 8.38. The quantitative estimate of drug-likeness (QED) is 0.859. The molecule has 1 fully saturated rings. The van der Waals surface area contributed by atoms with E-state index >= 15 is 0 Å². The minimum absolute atomic E-state index is 0.0511. The molecule has 0 aliphatic carbocycles. The molecule has 26 heavy (non-hydrogen) atoms. The molecule has 0 spiro atoms. The van der Waals surface area contributed by atoms with Gasteiger partial charge >= 0.3 is 0 Å². The first-order chi connectivity index (χ1) is 12.5. The van der Waals surface area contributed by atoms with Crippen LogP contribution in [0.3, 0.4) is 0 Å². The summed E-state index contributed by atoms with van der Waals surface area (Å²) >= 11 is 0. The first-order valence-corrected chi connectivity index (χ1v) is 8.38. The van der Waals surface area contributed by atoms with Crippen LogP contribution in [0.1, 0.15) is 12.5 Å². The Morgan fingerprint density at radius 2 is 2.00 bits per heavy atom. The fourth-order valence-electron chi connectivity index (χ4n) is 2.71. The predicted molar refractivity (Wildman–Crippen MR) is 91.9 cm³/mol. The Morgan fingerprint density at radius 3 is 2.73 bits per heavy atom. The molecule has 2 aromatic carbocycles. The monoisotopic (exact) mass is 362 g/mol. The molecule has 1 aliphatic heterocycles. The normalized spacial score (nSPS) is 19.8. The summed E-state index contributed by atoms with van der Waals surface area (Å²) in [5, 5.41) is 5.85. The van der Waals surface area contributed by atoms with E-state index in [2.05, 4.69) is 10.6 Å². The number of para-hydroxylation sites is 1. The van der Waals surface area contributed by atoms with Gasteiger partial charge in [-0.2, -0.15) is 0 Å². The third-order valence-electron chi connectivity index (χ3n) is 4.12. The number of rotatable bonds is 5. The Labute approximate surface area is 150 Å². The number of halogens is 2. The lowest BCUT2D eigenvalue weighted by Crippen LogP contribution is -2.55. The highest BCUT2D eigenvalue weighted by Gasteiger charge is 2.27. The van der Waals surface area contributed by atoms with Crippen LogP contribution in [-0.2, 0) is 16.1 Å². The average molecular weight is 362 g/mol. The molecular weight excluding hydrogens is 342 g/mol. The molecule has 0 unspecified atom stereocenters. The smallest absolute Gasteiger partial charge is 0.240 e. The molecule has 2 aromatic rings. The molecule has 2 atom stereocenters. The zero-order valence-electron chi connectivity index (χ0n) is 14.3. The lowest BCUT2D eigenvalue weighted by Gasteiger charge is -2.29. The lowest BCUT2D eigenvalue weighted by molar-refractivity contribution is -0.129. The summed E-state index contributed by atoms with van der Waals surface area (Å²) in [7, 11) is 0. The van der Waals surface area contributed by atoms with E-state index in [1.54, 1.807) is 12.1 Å². The molecule has 0 saturated carbocycles. The fraction of sp³-hybridized carbons (Fsp3) is 0.316. The topological polar surface area (TPSA) is 59.6 Å². The van der Waals surface area contributed by atoms with Gasteiger partial charge < -0.3 is 20.1 Å². The van der Waals surface area contributed by atoms with Gasteiger partial charge in [0.1, 0.15) is 6.04 Å². The van der Waals surface area contributed by atoms with Gasteiger partial charge in [0.2, 0.25) is 5.91 Å². The van der Waals surface area contributed by atoms with Crippen LogP contribution in [0.4, 0.5) is 8.78 Å². The summed E-state index contributed by atoms with van der Waals surface area (Å²) in [6.07, 6.45) is -0.225. The van der Waals surface area contributed by atoms with Gasteiger partial charge in [0.25, 0.3) is 0 Å². The van der Waals surface area contributed by atoms with E-state index in [1.165, 1.54) is 30.3 Å². The number of carbonyl (C=O) groups is 1. The number of hydrogen-bond donors (Lipinski definition) is 2. The second-order valence-corrected chi connectivity index (χ2v) is 6.02. The van der Waals surface area contributed by atoms with Crippen molar-refractivity contribution in [1.29, 1.82) is 0 Å². The van der Waals surface area contributed by atoms with E-state index in [0.29, 0.717) is 18.7 Å². The Morgan fingerprint density at radius 1 is 1.23 bits per heavy atom. The maximum Gasteiger partial charge on any atom is 0.240 e. The molecule has 5 nitrogen and oxygen atoms in total. The summed E-state index contributed by atoms with van der Waals surface area (Å²) in [6.45, 7) is 3.17. The maximum absolute atomic E-state index is 14.2. The van der Waals surface area contributed by atoms with Gasteiger partial charge in [0.15, 0.2) is 23.1 Å². The number of amides is 1. The summed E-state index contributed by atoms with van der Waals surface area (Å²) in [5.41, 5.74) is 0.570. The maximum atomic E-state index is 14.2. The first kappa shape index (κ1) is 18.3. The Bertz CT molecular complexity index is 785. The van der Waals surface area contributed by atoms with Gasteiger partial charge in [-0.25, -0.2) is 8.78 Å². The molecule has 138 valence electrons. The zero-order chi connectivity index (χ0) is 18.5. The van der Waals surface area contributed by atoms with Crippen molar-refractivity contribution in [2.24, 2.45) is 0 Å². The SMILES string of the molecule is C[C@H]1OCCN[C@@H]1C(=O)NCc1ccc(Oc2ccccc2F)c(F)c1. The molecule has 1 amide bonds. The van der Waals surface area contributed by atoms with E-state index < -0.39 is 17.7 Å². The van der Waals surface area contributed by atoms with Crippen molar-refractivity contribution >= 4 is 5.91 Å². The van der Waals surface area contributed by atoms with Crippen molar-refractivity contribution in [3.63, 3.8) is 0 Å². The molecule has 0 aromatic heterocycles. The molecular formula is C19H20F2N2O3. The van der Waals surface area contributed by atoms with Gasteiger partial charge in [-0.05, 0) is 36.8 Å². The van der Waals surface area contributed by atoms with Crippen LogP contribution in [0, 0.1) is 11.6 Å². The minimum Gasteiger partial charge on any atom is -0.451 e. The Kier molecular flexibility index (Phi) is 5.80. The van der Waals surface area contributed by atoms with E-state index in [-0.39, 0.29) is 30.1 Å². The summed E-state index contributed by atoms with van der Waals surface area (Å²) in [5.74, 6) is -1.54. The highest BCUT2D eigenvalue weighted by atomic mass is 19.1. The minimum atomic E-state index is -0.632. The number of carbonyl (C=O) groups excluding carboxylic acids is 1. The molecule has 7 heteroatoms. The molecule has 1 aliphatic rings. The highest BCUT2D eigenvalue weighted by molar-refractivity contribution is 5.82. The Balaban J connectivity index is 1.61. The average Bonchev–Trinajstić information content (AvgIpc) is 2.64. The molecule has 1 saturated heterocycles. The second-order valence-electron chi connectivity index (χ2n) is 6.02. The molecule has 0 bridgehead atoms. The van der Waals surface area contributed by atoms with Crippen molar-refractivity contribution in [3.8, 4) is 11.5 Å². The van der Waals surface area contributed by atoms with Gasteiger partial charge in [-0.15, -0.1) is 0 Å². The largest absolute Gasteiger partial charge is 0.451 e. The van der Waals surface area contributed by atoms with Gasteiger partial charge in [0.05, 0.1) is 12.7 Å². The summed E-state index contributed by atoms with van der Waals surface area (Å²) in [4.78, 5) is 12.2.